The largest absolute Gasteiger partial charge is 0.478 e. The van der Waals surface area contributed by atoms with E-state index < -0.39 is 28.5 Å². The zero-order valence-electron chi connectivity index (χ0n) is 16.6. The molecule has 3 aromatic carbocycles. The first-order valence-electron chi connectivity index (χ1n) is 9.35. The predicted molar refractivity (Wildman–Crippen MR) is 112 cm³/mol. The van der Waals surface area contributed by atoms with Gasteiger partial charge in [0.15, 0.2) is 5.78 Å². The Morgan fingerprint density at radius 3 is 2.22 bits per heavy atom. The minimum atomic E-state index is -1.20. The summed E-state index contributed by atoms with van der Waals surface area (Å²) in [6.45, 7) is 1.64. The standard InChI is InChI=1S/C23H14N2O7/c1-12-5-6-15(23(29)30)11-19(12)24-21(27)17-8-7-14(10-18(17)22(24)28)20(26)13-3-2-4-16(9-13)25(31)32/h2-11H,1H3,(H,29,30). The molecule has 2 amide bonds. The third-order valence-corrected chi connectivity index (χ3v) is 5.16. The van der Waals surface area contributed by atoms with Gasteiger partial charge in [0.2, 0.25) is 0 Å². The van der Waals surface area contributed by atoms with Crippen molar-refractivity contribution in [3.05, 3.63) is 104 Å². The van der Waals surface area contributed by atoms with Crippen LogP contribution in [0.15, 0.2) is 60.7 Å². The molecule has 0 unspecified atom stereocenters. The van der Waals surface area contributed by atoms with Crippen LogP contribution in [0.5, 0.6) is 0 Å². The van der Waals surface area contributed by atoms with Crippen molar-refractivity contribution in [3.8, 4) is 0 Å². The fourth-order valence-electron chi connectivity index (χ4n) is 3.51. The van der Waals surface area contributed by atoms with Crippen LogP contribution in [0.3, 0.4) is 0 Å². The highest BCUT2D eigenvalue weighted by molar-refractivity contribution is 6.35. The second-order valence-electron chi connectivity index (χ2n) is 7.15. The van der Waals surface area contributed by atoms with Crippen molar-refractivity contribution < 1.29 is 29.2 Å². The van der Waals surface area contributed by atoms with Crippen molar-refractivity contribution in [3.63, 3.8) is 0 Å². The lowest BCUT2D eigenvalue weighted by atomic mass is 9.99. The molecule has 0 saturated heterocycles. The maximum atomic E-state index is 13.1. The summed E-state index contributed by atoms with van der Waals surface area (Å²) in [6.07, 6.45) is 0. The van der Waals surface area contributed by atoms with Gasteiger partial charge in [0, 0.05) is 23.3 Å². The van der Waals surface area contributed by atoms with E-state index in [0.29, 0.717) is 5.56 Å². The number of benzene rings is 3. The molecule has 158 valence electrons. The molecule has 0 spiro atoms. The second kappa shape index (κ2) is 7.55. The number of hydrogen-bond acceptors (Lipinski definition) is 6. The van der Waals surface area contributed by atoms with Gasteiger partial charge in [0.05, 0.1) is 27.3 Å². The van der Waals surface area contributed by atoms with E-state index in [9.17, 15) is 34.4 Å². The van der Waals surface area contributed by atoms with Gasteiger partial charge in [-0.2, -0.15) is 0 Å². The lowest BCUT2D eigenvalue weighted by molar-refractivity contribution is -0.384. The number of hydrogen-bond donors (Lipinski definition) is 1. The molecular weight excluding hydrogens is 416 g/mol. The Kier molecular flexibility index (Phi) is 4.86. The minimum absolute atomic E-state index is 0.00795. The van der Waals surface area contributed by atoms with Gasteiger partial charge in [-0.25, -0.2) is 9.69 Å². The number of carbonyl (C=O) groups is 4. The van der Waals surface area contributed by atoms with E-state index in [2.05, 4.69) is 0 Å². The maximum Gasteiger partial charge on any atom is 0.335 e. The highest BCUT2D eigenvalue weighted by Gasteiger charge is 2.38. The number of imide groups is 1. The number of anilines is 1. The topological polar surface area (TPSA) is 135 Å². The molecule has 1 aliphatic rings. The number of nitro benzene ring substituents is 1. The van der Waals surface area contributed by atoms with E-state index in [0.717, 1.165) is 11.0 Å². The average Bonchev–Trinajstić information content (AvgIpc) is 3.03. The van der Waals surface area contributed by atoms with Gasteiger partial charge in [0.1, 0.15) is 0 Å². The third-order valence-electron chi connectivity index (χ3n) is 5.16. The number of carboxylic acid groups (broad SMARTS) is 1. The lowest BCUT2D eigenvalue weighted by Gasteiger charge is -2.17. The van der Waals surface area contributed by atoms with Crippen LogP contribution in [0.25, 0.3) is 0 Å². The van der Waals surface area contributed by atoms with Gasteiger partial charge in [-0.1, -0.05) is 24.3 Å². The smallest absolute Gasteiger partial charge is 0.335 e. The molecule has 1 N–H and O–H groups in total. The monoisotopic (exact) mass is 430 g/mol. The fraction of sp³-hybridized carbons (Fsp3) is 0.0435. The average molecular weight is 430 g/mol. The zero-order chi connectivity index (χ0) is 23.2. The van der Waals surface area contributed by atoms with Gasteiger partial charge in [-0.05, 0) is 36.8 Å². The number of non-ortho nitro benzene ring substituents is 1. The number of rotatable bonds is 5. The van der Waals surface area contributed by atoms with Gasteiger partial charge in [-0.15, -0.1) is 0 Å². The van der Waals surface area contributed by atoms with E-state index >= 15 is 0 Å². The quantitative estimate of drug-likeness (QED) is 0.283. The van der Waals surface area contributed by atoms with Crippen LogP contribution in [0.1, 0.15) is 52.6 Å². The van der Waals surface area contributed by atoms with Crippen LogP contribution in [0, 0.1) is 17.0 Å². The Morgan fingerprint density at radius 1 is 0.875 bits per heavy atom. The Morgan fingerprint density at radius 2 is 1.53 bits per heavy atom. The predicted octanol–water partition coefficient (Wildman–Crippen LogP) is 3.63. The molecule has 0 saturated carbocycles. The number of nitrogens with zero attached hydrogens (tertiary/aromatic N) is 2. The van der Waals surface area contributed by atoms with Crippen molar-refractivity contribution in [2.24, 2.45) is 0 Å². The Balaban J connectivity index is 1.74. The van der Waals surface area contributed by atoms with Gasteiger partial charge in [0.25, 0.3) is 17.5 Å². The van der Waals surface area contributed by atoms with Crippen molar-refractivity contribution in [1.82, 2.24) is 0 Å². The van der Waals surface area contributed by atoms with E-state index in [-0.39, 0.29) is 39.2 Å². The van der Waals surface area contributed by atoms with Gasteiger partial charge < -0.3 is 5.11 Å². The van der Waals surface area contributed by atoms with Crippen LogP contribution in [-0.4, -0.2) is 33.6 Å². The Hall–Kier alpha value is -4.66. The number of nitro groups is 1. The summed E-state index contributed by atoms with van der Waals surface area (Å²) in [5.41, 5.74) is 0.560. The summed E-state index contributed by atoms with van der Waals surface area (Å²) >= 11 is 0. The molecule has 0 atom stereocenters. The summed E-state index contributed by atoms with van der Waals surface area (Å²) in [4.78, 5) is 61.4. The summed E-state index contributed by atoms with van der Waals surface area (Å²) in [6, 6.07) is 13.3. The van der Waals surface area contributed by atoms with Crippen LogP contribution in [-0.2, 0) is 0 Å². The molecule has 1 heterocycles. The summed E-state index contributed by atoms with van der Waals surface area (Å²) < 4.78 is 0. The highest BCUT2D eigenvalue weighted by atomic mass is 16.6. The van der Waals surface area contributed by atoms with Crippen LogP contribution in [0.2, 0.25) is 0 Å². The number of aromatic carboxylic acids is 1. The van der Waals surface area contributed by atoms with E-state index in [4.69, 9.17) is 0 Å². The molecular formula is C23H14N2O7. The molecule has 0 bridgehead atoms. The molecule has 1 aliphatic heterocycles. The number of fused-ring (bicyclic) bond motifs is 1. The lowest BCUT2D eigenvalue weighted by Crippen LogP contribution is -2.30. The van der Waals surface area contributed by atoms with E-state index in [1.165, 1.54) is 54.6 Å². The van der Waals surface area contributed by atoms with Crippen molar-refractivity contribution in [1.29, 1.82) is 0 Å². The molecule has 0 aliphatic carbocycles. The van der Waals surface area contributed by atoms with Gasteiger partial charge >= 0.3 is 5.97 Å². The molecule has 4 rings (SSSR count). The third kappa shape index (κ3) is 3.31. The summed E-state index contributed by atoms with van der Waals surface area (Å²) in [7, 11) is 0. The molecule has 0 fully saturated rings. The fourth-order valence-corrected chi connectivity index (χ4v) is 3.51. The number of amides is 2. The maximum absolute atomic E-state index is 13.1. The van der Waals surface area contributed by atoms with Crippen LogP contribution >= 0.6 is 0 Å². The number of carboxylic acids is 1. The first kappa shape index (κ1) is 20.6. The van der Waals surface area contributed by atoms with Crippen molar-refractivity contribution in [2.45, 2.75) is 6.92 Å². The molecule has 32 heavy (non-hydrogen) atoms. The molecule has 0 aromatic heterocycles. The number of carbonyl (C=O) groups excluding carboxylic acids is 3. The Bertz CT molecular complexity index is 1360. The first-order valence-corrected chi connectivity index (χ1v) is 9.35. The highest BCUT2D eigenvalue weighted by Crippen LogP contribution is 2.32. The SMILES string of the molecule is Cc1ccc(C(=O)O)cc1N1C(=O)c2ccc(C(=O)c3cccc([N+](=O)[O-])c3)cc2C1=O. The second-order valence-corrected chi connectivity index (χ2v) is 7.15. The van der Waals surface area contributed by atoms with Gasteiger partial charge in [-0.3, -0.25) is 24.5 Å². The van der Waals surface area contributed by atoms with Crippen molar-refractivity contribution >= 4 is 34.9 Å². The van der Waals surface area contributed by atoms with Crippen LogP contribution in [0.4, 0.5) is 11.4 Å². The first-order chi connectivity index (χ1) is 15.2. The minimum Gasteiger partial charge on any atom is -0.478 e. The van der Waals surface area contributed by atoms with Crippen LogP contribution < -0.4 is 4.90 Å². The molecule has 0 radical (unpaired) electrons. The normalized spacial score (nSPS) is 12.6. The molecule has 3 aromatic rings. The summed E-state index contributed by atoms with van der Waals surface area (Å²) in [5, 5.41) is 20.2. The Labute approximate surface area is 180 Å². The van der Waals surface area contributed by atoms with Crippen molar-refractivity contribution in [2.75, 3.05) is 4.90 Å². The van der Waals surface area contributed by atoms with E-state index in [1.807, 2.05) is 0 Å². The number of ketones is 1. The number of aryl methyl sites for hydroxylation is 1. The molecule has 9 nitrogen and oxygen atoms in total. The summed E-state index contributed by atoms with van der Waals surface area (Å²) in [5.74, 6) is -3.07. The van der Waals surface area contributed by atoms with E-state index in [1.54, 1.807) is 6.92 Å². The zero-order valence-corrected chi connectivity index (χ0v) is 16.6. The molecule has 9 heteroatoms.